The van der Waals surface area contributed by atoms with Gasteiger partial charge in [0.05, 0.1) is 36.0 Å². The van der Waals surface area contributed by atoms with Crippen molar-refractivity contribution in [2.45, 2.75) is 25.2 Å². The number of primary amides is 1. The van der Waals surface area contributed by atoms with Crippen molar-refractivity contribution in [3.8, 4) is 17.7 Å². The number of ether oxygens (including phenoxy) is 2. The van der Waals surface area contributed by atoms with Gasteiger partial charge in [0.1, 0.15) is 5.75 Å². The zero-order valence-electron chi connectivity index (χ0n) is 16.0. The maximum Gasteiger partial charge on any atom is 0.573 e. The van der Waals surface area contributed by atoms with E-state index >= 15 is 0 Å². The van der Waals surface area contributed by atoms with E-state index in [4.69, 9.17) is 10.5 Å². The number of aromatic nitrogens is 2. The number of methoxy groups -OCH3 is 1. The van der Waals surface area contributed by atoms with Crippen LogP contribution in [0.15, 0.2) is 42.5 Å². The topological polar surface area (TPSA) is 103 Å². The van der Waals surface area contributed by atoms with E-state index in [0.29, 0.717) is 16.8 Å². The minimum absolute atomic E-state index is 0.0131. The summed E-state index contributed by atoms with van der Waals surface area (Å²) < 4.78 is 48.8. The maximum atomic E-state index is 12.7. The molecule has 1 atom stereocenters. The Labute approximate surface area is 169 Å². The van der Waals surface area contributed by atoms with E-state index in [0.717, 1.165) is 18.2 Å². The van der Waals surface area contributed by atoms with Gasteiger partial charge >= 0.3 is 6.36 Å². The highest BCUT2D eigenvalue weighted by Crippen LogP contribution is 2.35. The summed E-state index contributed by atoms with van der Waals surface area (Å²) in [6.45, 7) is 1.36. The van der Waals surface area contributed by atoms with Crippen LogP contribution < -0.4 is 15.2 Å². The molecule has 2 aromatic carbocycles. The number of nitrogens with two attached hydrogens (primary N) is 1. The van der Waals surface area contributed by atoms with E-state index < -0.39 is 23.4 Å². The average molecular weight is 418 g/mol. The fourth-order valence-corrected chi connectivity index (χ4v) is 3.25. The first-order valence-corrected chi connectivity index (χ1v) is 8.69. The number of hydrogen-bond acceptors (Lipinski definition) is 5. The third-order valence-electron chi connectivity index (χ3n) is 4.59. The second kappa shape index (κ2) is 7.59. The molecule has 0 fully saturated rings. The predicted molar refractivity (Wildman–Crippen MR) is 101 cm³/mol. The highest BCUT2D eigenvalue weighted by Gasteiger charge is 2.36. The minimum atomic E-state index is -4.93. The Bertz CT molecular complexity index is 1150. The van der Waals surface area contributed by atoms with Gasteiger partial charge in [0.15, 0.2) is 0 Å². The molecule has 1 heterocycles. The zero-order chi connectivity index (χ0) is 22.1. The third-order valence-corrected chi connectivity index (χ3v) is 4.59. The Hall–Kier alpha value is -3.74. The van der Waals surface area contributed by atoms with Gasteiger partial charge in [0.2, 0.25) is 11.8 Å². The van der Waals surface area contributed by atoms with Crippen LogP contribution in [-0.2, 0) is 12.0 Å². The van der Waals surface area contributed by atoms with E-state index in [-0.39, 0.29) is 17.7 Å². The summed E-state index contributed by atoms with van der Waals surface area (Å²) in [5, 5.41) is 15.0. The summed E-state index contributed by atoms with van der Waals surface area (Å²) in [5.41, 5.74) is 4.42. The molecule has 0 aliphatic carbocycles. The third kappa shape index (κ3) is 4.00. The molecule has 0 spiro atoms. The fourth-order valence-electron chi connectivity index (χ4n) is 3.25. The van der Waals surface area contributed by atoms with Crippen LogP contribution in [0.4, 0.5) is 13.2 Å². The van der Waals surface area contributed by atoms with Gasteiger partial charge in [0.25, 0.3) is 0 Å². The van der Waals surface area contributed by atoms with Crippen LogP contribution in [0.25, 0.3) is 10.9 Å². The van der Waals surface area contributed by atoms with E-state index in [1.165, 1.54) is 18.7 Å². The molecular weight excluding hydrogens is 401 g/mol. The smallest absolute Gasteiger partial charge is 0.481 e. The lowest BCUT2D eigenvalue weighted by atomic mass is 9.80. The molecule has 1 unspecified atom stereocenters. The molecule has 1 aromatic heterocycles. The normalized spacial score (nSPS) is 13.5. The molecule has 0 bridgehead atoms. The number of carbonyl (C=O) groups excluding carboxylic acids is 1. The summed E-state index contributed by atoms with van der Waals surface area (Å²) in [6, 6.07) is 12.2. The Morgan fingerprint density at radius 2 is 1.97 bits per heavy atom. The fraction of sp³-hybridized carbons (Fsp3) is 0.250. The molecule has 3 rings (SSSR count). The van der Waals surface area contributed by atoms with Gasteiger partial charge in [-0.1, -0.05) is 12.1 Å². The van der Waals surface area contributed by atoms with Crippen molar-refractivity contribution in [3.05, 3.63) is 53.6 Å². The highest BCUT2D eigenvalue weighted by atomic mass is 19.4. The standard InChI is InChI=1S/C20H17F3N4O3/c1-19(10-24,11-27-18(29-2)14-5-3-4-6-16(14)26-27)15-9-12(30-20(21,22)23)7-8-13(15)17(25)28/h3-9H,11H2,1-2H3,(H2,25,28). The van der Waals surface area contributed by atoms with Gasteiger partial charge in [-0.2, -0.15) is 10.4 Å². The number of nitrogens with zero attached hydrogens (tertiary/aromatic N) is 3. The number of benzene rings is 2. The van der Waals surface area contributed by atoms with Crippen LogP contribution in [0.5, 0.6) is 11.6 Å². The van der Waals surface area contributed by atoms with Gasteiger partial charge in [-0.3, -0.25) is 4.79 Å². The Morgan fingerprint density at radius 1 is 1.27 bits per heavy atom. The molecule has 30 heavy (non-hydrogen) atoms. The summed E-state index contributed by atoms with van der Waals surface area (Å²) in [4.78, 5) is 11.9. The molecule has 1 amide bonds. The van der Waals surface area contributed by atoms with E-state index in [2.05, 4.69) is 15.9 Å². The first-order chi connectivity index (χ1) is 14.1. The van der Waals surface area contributed by atoms with Crippen molar-refractivity contribution < 1.29 is 27.4 Å². The molecular formula is C20H17F3N4O3. The second-order valence-electron chi connectivity index (χ2n) is 6.75. The number of fused-ring (bicyclic) bond motifs is 1. The Balaban J connectivity index is 2.13. The number of halogens is 3. The van der Waals surface area contributed by atoms with Crippen molar-refractivity contribution >= 4 is 16.8 Å². The molecule has 0 aliphatic heterocycles. The lowest BCUT2D eigenvalue weighted by molar-refractivity contribution is -0.274. The van der Waals surface area contributed by atoms with Crippen LogP contribution in [0.2, 0.25) is 0 Å². The second-order valence-corrected chi connectivity index (χ2v) is 6.75. The van der Waals surface area contributed by atoms with Gasteiger partial charge < -0.3 is 15.2 Å². The van der Waals surface area contributed by atoms with Crippen molar-refractivity contribution in [2.24, 2.45) is 5.73 Å². The van der Waals surface area contributed by atoms with Crippen molar-refractivity contribution in [2.75, 3.05) is 7.11 Å². The molecule has 0 saturated carbocycles. The molecule has 0 saturated heterocycles. The first kappa shape index (κ1) is 21.0. The predicted octanol–water partition coefficient (Wildman–Crippen LogP) is 3.52. The summed E-state index contributed by atoms with van der Waals surface area (Å²) in [7, 11) is 1.44. The first-order valence-electron chi connectivity index (χ1n) is 8.69. The van der Waals surface area contributed by atoms with Gasteiger partial charge in [-0.15, -0.1) is 13.2 Å². The molecule has 2 N–H and O–H groups in total. The van der Waals surface area contributed by atoms with Crippen LogP contribution in [0, 0.1) is 11.3 Å². The van der Waals surface area contributed by atoms with Crippen molar-refractivity contribution in [1.29, 1.82) is 5.26 Å². The van der Waals surface area contributed by atoms with Gasteiger partial charge in [0, 0.05) is 5.56 Å². The number of hydrogen-bond donors (Lipinski definition) is 1. The van der Waals surface area contributed by atoms with Crippen molar-refractivity contribution in [3.63, 3.8) is 0 Å². The van der Waals surface area contributed by atoms with Crippen LogP contribution >= 0.6 is 0 Å². The number of nitriles is 1. The van der Waals surface area contributed by atoms with Crippen LogP contribution in [0.3, 0.4) is 0 Å². The monoisotopic (exact) mass is 418 g/mol. The maximum absolute atomic E-state index is 12.7. The van der Waals surface area contributed by atoms with Gasteiger partial charge in [-0.05, 0) is 42.8 Å². The van der Waals surface area contributed by atoms with Crippen LogP contribution in [0.1, 0.15) is 22.8 Å². The summed E-state index contributed by atoms with van der Waals surface area (Å²) >= 11 is 0. The number of rotatable bonds is 6. The van der Waals surface area contributed by atoms with E-state index in [1.807, 2.05) is 0 Å². The Morgan fingerprint density at radius 3 is 2.57 bits per heavy atom. The summed E-state index contributed by atoms with van der Waals surface area (Å²) in [6.07, 6.45) is -4.93. The molecule has 0 aliphatic rings. The number of carbonyl (C=O) groups is 1. The molecule has 7 nitrogen and oxygen atoms in total. The van der Waals surface area contributed by atoms with E-state index in [9.17, 15) is 23.2 Å². The highest BCUT2D eigenvalue weighted by molar-refractivity contribution is 5.95. The van der Waals surface area contributed by atoms with Gasteiger partial charge in [-0.25, -0.2) is 4.68 Å². The zero-order valence-corrected chi connectivity index (χ0v) is 16.0. The minimum Gasteiger partial charge on any atom is -0.481 e. The lowest BCUT2D eigenvalue weighted by Crippen LogP contribution is -2.31. The number of amides is 1. The van der Waals surface area contributed by atoms with Crippen LogP contribution in [-0.4, -0.2) is 29.2 Å². The SMILES string of the molecule is COc1c2ccccc2nn1CC(C)(C#N)c1cc(OC(F)(F)F)ccc1C(N)=O. The van der Waals surface area contributed by atoms with E-state index in [1.54, 1.807) is 24.3 Å². The lowest BCUT2D eigenvalue weighted by Gasteiger charge is -2.25. The average Bonchev–Trinajstić information content (AvgIpc) is 3.03. The molecule has 3 aromatic rings. The molecule has 10 heteroatoms. The Kier molecular flexibility index (Phi) is 5.31. The number of alkyl halides is 3. The largest absolute Gasteiger partial charge is 0.573 e. The quantitative estimate of drug-likeness (QED) is 0.660. The summed E-state index contributed by atoms with van der Waals surface area (Å²) in [5.74, 6) is -1.08. The molecule has 0 radical (unpaired) electrons. The molecule has 156 valence electrons. The van der Waals surface area contributed by atoms with Crippen molar-refractivity contribution in [1.82, 2.24) is 9.78 Å².